The molecule has 0 aliphatic carbocycles. The molecule has 0 fully saturated rings. The van der Waals surface area contributed by atoms with Crippen LogP contribution in [0.2, 0.25) is 0 Å². The van der Waals surface area contributed by atoms with E-state index < -0.39 is 23.5 Å². The summed E-state index contributed by atoms with van der Waals surface area (Å²) >= 11 is 5.52. The van der Waals surface area contributed by atoms with Crippen molar-refractivity contribution in [3.63, 3.8) is 0 Å². The van der Waals surface area contributed by atoms with Crippen molar-refractivity contribution in [3.8, 4) is 0 Å². The molecular weight excluding hydrogens is 254 g/mol. The SMILES string of the molecule is CCOC(=O)c1c(N)ncc(CCl)c1C(F)F. The van der Waals surface area contributed by atoms with Crippen LogP contribution >= 0.6 is 11.6 Å². The Labute approximate surface area is 102 Å². The fourth-order valence-electron chi connectivity index (χ4n) is 1.35. The molecule has 0 saturated carbocycles. The maximum absolute atomic E-state index is 12.9. The van der Waals surface area contributed by atoms with Crippen molar-refractivity contribution < 1.29 is 18.3 Å². The molecule has 0 aliphatic rings. The normalized spacial score (nSPS) is 10.6. The van der Waals surface area contributed by atoms with Gasteiger partial charge < -0.3 is 10.5 Å². The van der Waals surface area contributed by atoms with Crippen LogP contribution in [0.4, 0.5) is 14.6 Å². The van der Waals surface area contributed by atoms with Crippen molar-refractivity contribution in [2.24, 2.45) is 0 Å². The number of alkyl halides is 3. The number of carbonyl (C=O) groups excluding carboxylic acids is 1. The zero-order chi connectivity index (χ0) is 13.0. The molecule has 0 unspecified atom stereocenters. The summed E-state index contributed by atoms with van der Waals surface area (Å²) < 4.78 is 30.5. The Hall–Kier alpha value is -1.43. The molecule has 0 saturated heterocycles. The van der Waals surface area contributed by atoms with Crippen molar-refractivity contribution in [1.82, 2.24) is 4.98 Å². The van der Waals surface area contributed by atoms with Gasteiger partial charge in [0.15, 0.2) is 0 Å². The highest BCUT2D eigenvalue weighted by atomic mass is 35.5. The number of hydrogen-bond acceptors (Lipinski definition) is 4. The van der Waals surface area contributed by atoms with Crippen molar-refractivity contribution in [3.05, 3.63) is 22.9 Å². The summed E-state index contributed by atoms with van der Waals surface area (Å²) in [5.74, 6) is -1.38. The van der Waals surface area contributed by atoms with E-state index in [4.69, 9.17) is 17.3 Å². The third-order valence-electron chi connectivity index (χ3n) is 2.07. The van der Waals surface area contributed by atoms with Crippen LogP contribution in [0.15, 0.2) is 6.20 Å². The second-order valence-electron chi connectivity index (χ2n) is 3.11. The van der Waals surface area contributed by atoms with Crippen molar-refractivity contribution in [1.29, 1.82) is 0 Å². The lowest BCUT2D eigenvalue weighted by molar-refractivity contribution is 0.0516. The Morgan fingerprint density at radius 3 is 2.76 bits per heavy atom. The number of carbonyl (C=O) groups is 1. The largest absolute Gasteiger partial charge is 0.462 e. The molecule has 2 N–H and O–H groups in total. The standard InChI is InChI=1S/C10H11ClF2N2O2/c1-2-17-10(16)7-6(8(12)13)5(3-11)4-15-9(7)14/h4,8H,2-3H2,1H3,(H2,14,15). The summed E-state index contributed by atoms with van der Waals surface area (Å²) in [5.41, 5.74) is 4.58. The maximum Gasteiger partial charge on any atom is 0.342 e. The van der Waals surface area contributed by atoms with Crippen LogP contribution in [-0.4, -0.2) is 17.6 Å². The zero-order valence-corrected chi connectivity index (χ0v) is 9.80. The van der Waals surface area contributed by atoms with E-state index in [0.29, 0.717) is 0 Å². The molecule has 17 heavy (non-hydrogen) atoms. The van der Waals surface area contributed by atoms with Gasteiger partial charge in [0.2, 0.25) is 0 Å². The third-order valence-corrected chi connectivity index (χ3v) is 2.36. The lowest BCUT2D eigenvalue weighted by Gasteiger charge is -2.13. The van der Waals surface area contributed by atoms with Crippen molar-refractivity contribution >= 4 is 23.4 Å². The Bertz CT molecular complexity index is 427. The molecule has 1 aromatic heterocycles. The van der Waals surface area contributed by atoms with Gasteiger partial charge in [-0.15, -0.1) is 11.6 Å². The van der Waals surface area contributed by atoms with Crippen molar-refractivity contribution in [2.45, 2.75) is 19.2 Å². The topological polar surface area (TPSA) is 65.2 Å². The van der Waals surface area contributed by atoms with E-state index in [-0.39, 0.29) is 23.9 Å². The van der Waals surface area contributed by atoms with E-state index in [2.05, 4.69) is 9.72 Å². The van der Waals surface area contributed by atoms with Crippen molar-refractivity contribution in [2.75, 3.05) is 12.3 Å². The van der Waals surface area contributed by atoms with Crippen LogP contribution in [0.25, 0.3) is 0 Å². The van der Waals surface area contributed by atoms with Gasteiger partial charge in [-0.1, -0.05) is 0 Å². The fourth-order valence-corrected chi connectivity index (χ4v) is 1.57. The maximum atomic E-state index is 12.9. The lowest BCUT2D eigenvalue weighted by Crippen LogP contribution is -2.14. The number of nitrogen functional groups attached to an aromatic ring is 1. The molecule has 0 bridgehead atoms. The Morgan fingerprint density at radius 1 is 1.65 bits per heavy atom. The fraction of sp³-hybridized carbons (Fsp3) is 0.400. The minimum atomic E-state index is -2.87. The first-order valence-electron chi connectivity index (χ1n) is 4.81. The van der Waals surface area contributed by atoms with Crippen LogP contribution in [0.3, 0.4) is 0 Å². The number of pyridine rings is 1. The van der Waals surface area contributed by atoms with E-state index in [1.165, 1.54) is 0 Å². The summed E-state index contributed by atoms with van der Waals surface area (Å²) in [6, 6.07) is 0. The predicted molar refractivity (Wildman–Crippen MR) is 59.1 cm³/mol. The molecule has 0 aliphatic heterocycles. The van der Waals surface area contributed by atoms with Crippen LogP contribution in [-0.2, 0) is 10.6 Å². The summed E-state index contributed by atoms with van der Waals surface area (Å²) in [6.45, 7) is 1.63. The predicted octanol–water partition coefficient (Wildman–Crippen LogP) is 2.52. The Balaban J connectivity index is 3.38. The molecule has 7 heteroatoms. The number of hydrogen-bond donors (Lipinski definition) is 1. The summed E-state index contributed by atoms with van der Waals surface area (Å²) in [7, 11) is 0. The minimum absolute atomic E-state index is 0.0616. The molecule has 0 amide bonds. The van der Waals surface area contributed by atoms with E-state index >= 15 is 0 Å². The van der Waals surface area contributed by atoms with Gasteiger partial charge in [-0.25, -0.2) is 18.6 Å². The number of nitrogens with two attached hydrogens (primary N) is 1. The molecule has 0 radical (unpaired) electrons. The molecule has 1 rings (SSSR count). The molecular formula is C10H11ClF2N2O2. The number of ether oxygens (including phenoxy) is 1. The minimum Gasteiger partial charge on any atom is -0.462 e. The average Bonchev–Trinajstić information content (AvgIpc) is 2.28. The average molecular weight is 265 g/mol. The molecule has 0 aromatic carbocycles. The molecule has 4 nitrogen and oxygen atoms in total. The van der Waals surface area contributed by atoms with Gasteiger partial charge >= 0.3 is 5.97 Å². The summed E-state index contributed by atoms with van der Waals surface area (Å²) in [5, 5.41) is 0. The molecule has 0 spiro atoms. The highest BCUT2D eigenvalue weighted by Gasteiger charge is 2.26. The summed E-state index contributed by atoms with van der Waals surface area (Å²) in [4.78, 5) is 15.2. The van der Waals surface area contributed by atoms with E-state index in [1.807, 2.05) is 0 Å². The van der Waals surface area contributed by atoms with Gasteiger partial charge in [-0.05, 0) is 12.5 Å². The smallest absolute Gasteiger partial charge is 0.342 e. The second-order valence-corrected chi connectivity index (χ2v) is 3.38. The first-order valence-corrected chi connectivity index (χ1v) is 5.34. The first-order chi connectivity index (χ1) is 8.02. The van der Waals surface area contributed by atoms with Crippen LogP contribution in [0.5, 0.6) is 0 Å². The number of anilines is 1. The number of aromatic nitrogens is 1. The number of nitrogens with zero attached hydrogens (tertiary/aromatic N) is 1. The number of halogens is 3. The number of esters is 1. The quantitative estimate of drug-likeness (QED) is 0.670. The monoisotopic (exact) mass is 264 g/mol. The van der Waals surface area contributed by atoms with Gasteiger partial charge in [0.1, 0.15) is 11.4 Å². The van der Waals surface area contributed by atoms with Crippen LogP contribution < -0.4 is 5.73 Å². The zero-order valence-electron chi connectivity index (χ0n) is 9.04. The van der Waals surface area contributed by atoms with E-state index in [1.54, 1.807) is 6.92 Å². The van der Waals surface area contributed by atoms with Gasteiger partial charge in [0, 0.05) is 17.6 Å². The second kappa shape index (κ2) is 5.77. The summed E-state index contributed by atoms with van der Waals surface area (Å²) in [6.07, 6.45) is -1.74. The Kier molecular flexibility index (Phi) is 4.62. The molecule has 1 heterocycles. The molecule has 1 aromatic rings. The highest BCUT2D eigenvalue weighted by Crippen LogP contribution is 2.30. The van der Waals surface area contributed by atoms with Crippen LogP contribution in [0, 0.1) is 0 Å². The van der Waals surface area contributed by atoms with E-state index in [9.17, 15) is 13.6 Å². The molecule has 0 atom stereocenters. The highest BCUT2D eigenvalue weighted by molar-refractivity contribution is 6.17. The third kappa shape index (κ3) is 2.82. The molecule has 94 valence electrons. The van der Waals surface area contributed by atoms with Gasteiger partial charge in [-0.3, -0.25) is 0 Å². The van der Waals surface area contributed by atoms with Gasteiger partial charge in [-0.2, -0.15) is 0 Å². The number of rotatable bonds is 4. The van der Waals surface area contributed by atoms with Gasteiger partial charge in [0.05, 0.1) is 6.61 Å². The van der Waals surface area contributed by atoms with Gasteiger partial charge in [0.25, 0.3) is 6.43 Å². The lowest BCUT2D eigenvalue weighted by atomic mass is 10.0. The first kappa shape index (κ1) is 13.6. The van der Waals surface area contributed by atoms with Crippen LogP contribution in [0.1, 0.15) is 34.8 Å². The van der Waals surface area contributed by atoms with E-state index in [0.717, 1.165) is 6.20 Å². The Morgan fingerprint density at radius 2 is 2.29 bits per heavy atom.